The first kappa shape index (κ1) is 22.6. The lowest BCUT2D eigenvalue weighted by Gasteiger charge is -2.12. The van der Waals surface area contributed by atoms with Crippen LogP contribution in [0.3, 0.4) is 0 Å². The van der Waals surface area contributed by atoms with Crippen LogP contribution in [0.25, 0.3) is 11.6 Å². The maximum Gasteiger partial charge on any atom is 0.339 e. The summed E-state index contributed by atoms with van der Waals surface area (Å²) in [6.45, 7) is -0.132. The standard InChI is InChI=1S/C26H25NO5/c1-30-23-14-8-6-12-20(23)16-22(19-10-4-3-5-11-19)26(29)32-18-25(28)27-17-21-13-7-9-15-24(21)31-2/h3-16H,17-18H2,1-2H3,(H,27,28)/b22-16+. The van der Waals surface area contributed by atoms with Crippen molar-refractivity contribution in [3.8, 4) is 11.5 Å². The van der Waals surface area contributed by atoms with Crippen molar-refractivity contribution in [2.75, 3.05) is 20.8 Å². The second kappa shape index (κ2) is 11.4. The molecule has 0 spiro atoms. The Morgan fingerprint density at radius 1 is 0.812 bits per heavy atom. The van der Waals surface area contributed by atoms with E-state index in [1.54, 1.807) is 20.3 Å². The van der Waals surface area contributed by atoms with Gasteiger partial charge in [-0.25, -0.2) is 4.79 Å². The molecule has 0 aliphatic heterocycles. The Balaban J connectivity index is 1.70. The lowest BCUT2D eigenvalue weighted by Crippen LogP contribution is -2.28. The van der Waals surface area contributed by atoms with Gasteiger partial charge in [0.05, 0.1) is 19.8 Å². The molecule has 6 heteroatoms. The summed E-state index contributed by atoms with van der Waals surface area (Å²) in [5.41, 5.74) is 2.56. The van der Waals surface area contributed by atoms with E-state index in [-0.39, 0.29) is 6.54 Å². The van der Waals surface area contributed by atoms with Crippen LogP contribution >= 0.6 is 0 Å². The van der Waals surface area contributed by atoms with Crippen molar-refractivity contribution in [2.24, 2.45) is 0 Å². The fourth-order valence-corrected chi connectivity index (χ4v) is 3.12. The van der Waals surface area contributed by atoms with E-state index in [0.717, 1.165) is 11.1 Å². The van der Waals surface area contributed by atoms with Crippen molar-refractivity contribution < 1.29 is 23.8 Å². The Bertz CT molecular complexity index is 1090. The van der Waals surface area contributed by atoms with Crippen LogP contribution in [-0.2, 0) is 20.9 Å². The van der Waals surface area contributed by atoms with Crippen LogP contribution in [0.15, 0.2) is 78.9 Å². The summed E-state index contributed by atoms with van der Waals surface area (Å²) in [5, 5.41) is 2.74. The number of carbonyl (C=O) groups is 2. The minimum absolute atomic E-state index is 0.267. The lowest BCUT2D eigenvalue weighted by molar-refractivity contribution is -0.142. The van der Waals surface area contributed by atoms with Crippen molar-refractivity contribution in [1.29, 1.82) is 0 Å². The molecule has 32 heavy (non-hydrogen) atoms. The first-order chi connectivity index (χ1) is 15.6. The molecule has 0 aromatic heterocycles. The van der Waals surface area contributed by atoms with Gasteiger partial charge in [-0.3, -0.25) is 4.79 Å². The van der Waals surface area contributed by atoms with Crippen molar-refractivity contribution in [3.05, 3.63) is 95.6 Å². The first-order valence-corrected chi connectivity index (χ1v) is 10.1. The highest BCUT2D eigenvalue weighted by Crippen LogP contribution is 2.25. The van der Waals surface area contributed by atoms with Crippen molar-refractivity contribution in [1.82, 2.24) is 5.32 Å². The Morgan fingerprint density at radius 2 is 1.44 bits per heavy atom. The Kier molecular flexibility index (Phi) is 8.03. The average molecular weight is 431 g/mol. The van der Waals surface area contributed by atoms with Crippen LogP contribution in [-0.4, -0.2) is 32.7 Å². The minimum atomic E-state index is -0.602. The van der Waals surface area contributed by atoms with Crippen molar-refractivity contribution in [3.63, 3.8) is 0 Å². The smallest absolute Gasteiger partial charge is 0.339 e. The van der Waals surface area contributed by atoms with Gasteiger partial charge in [0.1, 0.15) is 11.5 Å². The molecule has 0 atom stereocenters. The third-order valence-electron chi connectivity index (χ3n) is 4.75. The van der Waals surface area contributed by atoms with E-state index in [0.29, 0.717) is 22.6 Å². The highest BCUT2D eigenvalue weighted by atomic mass is 16.5. The zero-order valence-electron chi connectivity index (χ0n) is 18.0. The molecule has 0 aliphatic carbocycles. The van der Waals surface area contributed by atoms with E-state index in [1.165, 1.54) is 0 Å². The summed E-state index contributed by atoms with van der Waals surface area (Å²) >= 11 is 0. The van der Waals surface area contributed by atoms with Gasteiger partial charge in [-0.05, 0) is 23.8 Å². The van der Waals surface area contributed by atoms with Crippen LogP contribution in [0.4, 0.5) is 0 Å². The molecule has 3 rings (SSSR count). The van der Waals surface area contributed by atoms with Gasteiger partial charge in [0.2, 0.25) is 0 Å². The molecule has 0 saturated carbocycles. The number of carbonyl (C=O) groups excluding carboxylic acids is 2. The minimum Gasteiger partial charge on any atom is -0.496 e. The van der Waals surface area contributed by atoms with E-state index in [9.17, 15) is 9.59 Å². The van der Waals surface area contributed by atoms with Crippen LogP contribution in [0.5, 0.6) is 11.5 Å². The number of hydrogen-bond acceptors (Lipinski definition) is 5. The van der Waals surface area contributed by atoms with E-state index in [1.807, 2.05) is 78.9 Å². The monoisotopic (exact) mass is 431 g/mol. The predicted octanol–water partition coefficient (Wildman–Crippen LogP) is 4.10. The number of rotatable bonds is 9. The molecule has 0 fully saturated rings. The molecule has 0 radical (unpaired) electrons. The molecule has 1 N–H and O–H groups in total. The fourth-order valence-electron chi connectivity index (χ4n) is 3.12. The van der Waals surface area contributed by atoms with Gasteiger partial charge >= 0.3 is 5.97 Å². The van der Waals surface area contributed by atoms with Gasteiger partial charge in [-0.1, -0.05) is 66.7 Å². The molecule has 3 aromatic rings. The number of hydrogen-bond donors (Lipinski definition) is 1. The lowest BCUT2D eigenvalue weighted by atomic mass is 10.0. The third kappa shape index (κ3) is 5.98. The zero-order chi connectivity index (χ0) is 22.8. The largest absolute Gasteiger partial charge is 0.496 e. The number of benzene rings is 3. The van der Waals surface area contributed by atoms with E-state index in [4.69, 9.17) is 14.2 Å². The molecule has 0 bridgehead atoms. The van der Waals surface area contributed by atoms with Crippen LogP contribution in [0.2, 0.25) is 0 Å². The molecule has 0 aliphatic rings. The van der Waals surface area contributed by atoms with Crippen LogP contribution in [0, 0.1) is 0 Å². The zero-order valence-corrected chi connectivity index (χ0v) is 18.0. The van der Waals surface area contributed by atoms with E-state index in [2.05, 4.69) is 5.32 Å². The van der Waals surface area contributed by atoms with Gasteiger partial charge in [0.15, 0.2) is 6.61 Å². The number of amides is 1. The Morgan fingerprint density at radius 3 is 2.16 bits per heavy atom. The normalized spacial score (nSPS) is 10.9. The maximum atomic E-state index is 12.9. The van der Waals surface area contributed by atoms with Crippen LogP contribution < -0.4 is 14.8 Å². The quantitative estimate of drug-likeness (QED) is 0.314. The molecule has 6 nitrogen and oxygen atoms in total. The number of esters is 1. The van der Waals surface area contributed by atoms with Crippen molar-refractivity contribution >= 4 is 23.5 Å². The van der Waals surface area contributed by atoms with Gasteiger partial charge in [-0.2, -0.15) is 0 Å². The van der Waals surface area contributed by atoms with Gasteiger partial charge in [-0.15, -0.1) is 0 Å². The second-order valence-corrected chi connectivity index (χ2v) is 6.83. The summed E-state index contributed by atoms with van der Waals surface area (Å²) < 4.78 is 16.0. The van der Waals surface area contributed by atoms with Gasteiger partial charge in [0.25, 0.3) is 5.91 Å². The topological polar surface area (TPSA) is 73.9 Å². The van der Waals surface area contributed by atoms with Crippen LogP contribution in [0.1, 0.15) is 16.7 Å². The summed E-state index contributed by atoms with van der Waals surface area (Å²) in [6.07, 6.45) is 1.70. The molecular weight excluding hydrogens is 406 g/mol. The van der Waals surface area contributed by atoms with Crippen molar-refractivity contribution in [2.45, 2.75) is 6.54 Å². The molecule has 3 aromatic carbocycles. The SMILES string of the molecule is COc1ccccc1/C=C(/C(=O)OCC(=O)NCc1ccccc1OC)c1ccccc1. The number of nitrogens with one attached hydrogen (secondary N) is 1. The molecule has 0 unspecified atom stereocenters. The fraction of sp³-hybridized carbons (Fsp3) is 0.154. The Hall–Kier alpha value is -4.06. The summed E-state index contributed by atoms with van der Waals surface area (Å²) in [7, 11) is 3.14. The number of para-hydroxylation sites is 2. The predicted molar refractivity (Wildman–Crippen MR) is 123 cm³/mol. The first-order valence-electron chi connectivity index (χ1n) is 10.1. The second-order valence-electron chi connectivity index (χ2n) is 6.83. The maximum absolute atomic E-state index is 12.9. The third-order valence-corrected chi connectivity index (χ3v) is 4.75. The Labute approximate surface area is 187 Å². The molecule has 164 valence electrons. The summed E-state index contributed by atoms with van der Waals surface area (Å²) in [5.74, 6) is 0.294. The highest BCUT2D eigenvalue weighted by Gasteiger charge is 2.16. The van der Waals surface area contributed by atoms with E-state index < -0.39 is 18.5 Å². The average Bonchev–Trinajstić information content (AvgIpc) is 2.85. The number of methoxy groups -OCH3 is 2. The molecular formula is C26H25NO5. The molecule has 1 amide bonds. The van der Waals surface area contributed by atoms with E-state index >= 15 is 0 Å². The van der Waals surface area contributed by atoms with Gasteiger partial charge in [0, 0.05) is 17.7 Å². The summed E-state index contributed by atoms with van der Waals surface area (Å²) in [6, 6.07) is 23.9. The number of ether oxygens (including phenoxy) is 3. The molecule has 0 saturated heterocycles. The molecule has 0 heterocycles. The highest BCUT2D eigenvalue weighted by molar-refractivity contribution is 6.22. The van der Waals surface area contributed by atoms with Gasteiger partial charge < -0.3 is 19.5 Å². The summed E-state index contributed by atoms with van der Waals surface area (Å²) in [4.78, 5) is 25.2.